The van der Waals surface area contributed by atoms with Crippen molar-refractivity contribution in [3.63, 3.8) is 0 Å². The van der Waals surface area contributed by atoms with Gasteiger partial charge in [-0.1, -0.05) is 35.8 Å². The van der Waals surface area contributed by atoms with E-state index in [1.165, 1.54) is 7.11 Å². The molecular formula is C14H20BrNO3. The molecule has 0 fully saturated rings. The van der Waals surface area contributed by atoms with Crippen molar-refractivity contribution in [3.8, 4) is 11.5 Å². The summed E-state index contributed by atoms with van der Waals surface area (Å²) in [5, 5.41) is 13.7. The Labute approximate surface area is 122 Å². The fraction of sp³-hybridized carbons (Fsp3) is 0.500. The lowest BCUT2D eigenvalue weighted by Crippen LogP contribution is -2.38. The third kappa shape index (κ3) is 4.13. The van der Waals surface area contributed by atoms with E-state index >= 15 is 0 Å². The zero-order valence-corrected chi connectivity index (χ0v) is 13.0. The standard InChI is InChI=1S/C14H20BrNO3/c1-9(2)11(7-8-15)16-14(18)10-5-4-6-12(19-3)13(10)17/h4-6,9,11,17H,7-8H2,1-3H3,(H,16,18). The summed E-state index contributed by atoms with van der Waals surface area (Å²) in [6, 6.07) is 4.95. The average Bonchev–Trinajstić information content (AvgIpc) is 2.38. The Kier molecular flexibility index (Phi) is 6.15. The number of alkyl halides is 1. The third-order valence-corrected chi connectivity index (χ3v) is 3.46. The predicted octanol–water partition coefficient (Wildman–Crippen LogP) is 2.94. The smallest absolute Gasteiger partial charge is 0.255 e. The number of aromatic hydroxyl groups is 1. The number of halogens is 1. The fourth-order valence-corrected chi connectivity index (χ4v) is 2.30. The SMILES string of the molecule is COc1cccc(C(=O)NC(CCBr)C(C)C)c1O. The summed E-state index contributed by atoms with van der Waals surface area (Å²) in [4.78, 5) is 12.2. The summed E-state index contributed by atoms with van der Waals surface area (Å²) in [5.74, 6) is 0.225. The quantitative estimate of drug-likeness (QED) is 0.789. The molecule has 5 heteroatoms. The van der Waals surface area contributed by atoms with E-state index in [4.69, 9.17) is 4.74 Å². The van der Waals surface area contributed by atoms with Crippen LogP contribution in [0.25, 0.3) is 0 Å². The molecule has 1 unspecified atom stereocenters. The minimum absolute atomic E-state index is 0.0671. The van der Waals surface area contributed by atoms with E-state index in [2.05, 4.69) is 35.1 Å². The van der Waals surface area contributed by atoms with Crippen LogP contribution in [-0.4, -0.2) is 29.5 Å². The van der Waals surface area contributed by atoms with Crippen LogP contribution in [-0.2, 0) is 0 Å². The first-order valence-corrected chi connectivity index (χ1v) is 7.36. The van der Waals surface area contributed by atoms with Crippen molar-refractivity contribution in [2.75, 3.05) is 12.4 Å². The maximum Gasteiger partial charge on any atom is 0.255 e. The lowest BCUT2D eigenvalue weighted by atomic mass is 10.0. The van der Waals surface area contributed by atoms with Crippen LogP contribution in [0.5, 0.6) is 11.5 Å². The number of carbonyl (C=O) groups is 1. The van der Waals surface area contributed by atoms with Crippen LogP contribution in [0, 0.1) is 5.92 Å². The Hall–Kier alpha value is -1.23. The van der Waals surface area contributed by atoms with Crippen molar-refractivity contribution in [2.45, 2.75) is 26.3 Å². The highest BCUT2D eigenvalue weighted by Crippen LogP contribution is 2.29. The number of rotatable bonds is 6. The number of carbonyl (C=O) groups excluding carboxylic acids is 1. The molecule has 0 aliphatic rings. The van der Waals surface area contributed by atoms with Crippen molar-refractivity contribution in [1.29, 1.82) is 0 Å². The molecule has 1 aromatic carbocycles. The molecule has 1 aromatic rings. The minimum Gasteiger partial charge on any atom is -0.504 e. The predicted molar refractivity (Wildman–Crippen MR) is 79.2 cm³/mol. The van der Waals surface area contributed by atoms with Gasteiger partial charge in [0.2, 0.25) is 0 Å². The Bertz CT molecular complexity index is 435. The number of nitrogens with one attached hydrogen (secondary N) is 1. The summed E-state index contributed by atoms with van der Waals surface area (Å²) >= 11 is 3.38. The molecule has 2 N–H and O–H groups in total. The van der Waals surface area contributed by atoms with Gasteiger partial charge in [0.25, 0.3) is 5.91 Å². The molecule has 0 saturated heterocycles. The van der Waals surface area contributed by atoms with Gasteiger partial charge in [0.05, 0.1) is 12.7 Å². The molecule has 1 atom stereocenters. The number of hydrogen-bond donors (Lipinski definition) is 2. The first-order valence-electron chi connectivity index (χ1n) is 6.24. The maximum atomic E-state index is 12.2. The van der Waals surface area contributed by atoms with Gasteiger partial charge in [-0.25, -0.2) is 0 Å². The molecule has 1 rings (SSSR count). The number of phenols is 1. The Balaban J connectivity index is 2.88. The number of phenolic OH excluding ortho intramolecular Hbond substituents is 1. The van der Waals surface area contributed by atoms with E-state index in [9.17, 15) is 9.90 Å². The van der Waals surface area contributed by atoms with E-state index in [1.807, 2.05) is 0 Å². The second kappa shape index (κ2) is 7.38. The van der Waals surface area contributed by atoms with Gasteiger partial charge in [0.15, 0.2) is 11.5 Å². The van der Waals surface area contributed by atoms with Crippen molar-refractivity contribution in [3.05, 3.63) is 23.8 Å². The minimum atomic E-state index is -0.281. The van der Waals surface area contributed by atoms with E-state index < -0.39 is 0 Å². The van der Waals surface area contributed by atoms with Crippen LogP contribution in [0.1, 0.15) is 30.6 Å². The highest BCUT2D eigenvalue weighted by molar-refractivity contribution is 9.09. The molecule has 0 aliphatic carbocycles. The van der Waals surface area contributed by atoms with Crippen molar-refractivity contribution >= 4 is 21.8 Å². The summed E-state index contributed by atoms with van der Waals surface area (Å²) in [7, 11) is 1.46. The molecule has 4 nitrogen and oxygen atoms in total. The molecule has 0 saturated carbocycles. The van der Waals surface area contributed by atoms with Crippen molar-refractivity contribution in [2.24, 2.45) is 5.92 Å². The van der Waals surface area contributed by atoms with Gasteiger partial charge in [-0.15, -0.1) is 0 Å². The Morgan fingerprint density at radius 1 is 1.47 bits per heavy atom. The number of methoxy groups -OCH3 is 1. The van der Waals surface area contributed by atoms with Crippen LogP contribution >= 0.6 is 15.9 Å². The number of benzene rings is 1. The first-order chi connectivity index (χ1) is 9.01. The second-order valence-corrected chi connectivity index (χ2v) is 5.45. The monoisotopic (exact) mass is 329 g/mol. The van der Waals surface area contributed by atoms with Gasteiger partial charge in [0.1, 0.15) is 0 Å². The van der Waals surface area contributed by atoms with E-state index in [0.717, 1.165) is 11.8 Å². The molecular weight excluding hydrogens is 310 g/mol. The van der Waals surface area contributed by atoms with Crippen LogP contribution in [0.3, 0.4) is 0 Å². The molecule has 0 spiro atoms. The molecule has 0 heterocycles. The lowest BCUT2D eigenvalue weighted by Gasteiger charge is -2.22. The molecule has 106 valence electrons. The highest BCUT2D eigenvalue weighted by atomic mass is 79.9. The van der Waals surface area contributed by atoms with Gasteiger partial charge in [-0.2, -0.15) is 0 Å². The van der Waals surface area contributed by atoms with Gasteiger partial charge < -0.3 is 15.2 Å². The van der Waals surface area contributed by atoms with E-state index in [0.29, 0.717) is 11.7 Å². The average molecular weight is 330 g/mol. The van der Waals surface area contributed by atoms with Gasteiger partial charge >= 0.3 is 0 Å². The number of ether oxygens (including phenoxy) is 1. The van der Waals surface area contributed by atoms with Crippen molar-refractivity contribution < 1.29 is 14.6 Å². The van der Waals surface area contributed by atoms with Gasteiger partial charge in [0, 0.05) is 11.4 Å². The lowest BCUT2D eigenvalue weighted by molar-refractivity contribution is 0.0921. The van der Waals surface area contributed by atoms with Crippen LogP contribution in [0.2, 0.25) is 0 Å². The molecule has 0 radical (unpaired) electrons. The molecule has 1 amide bonds. The third-order valence-electron chi connectivity index (χ3n) is 3.00. The summed E-state index contributed by atoms with van der Waals surface area (Å²) in [5.41, 5.74) is 0.236. The number of hydrogen-bond acceptors (Lipinski definition) is 3. The highest BCUT2D eigenvalue weighted by Gasteiger charge is 2.20. The second-order valence-electron chi connectivity index (χ2n) is 4.66. The molecule has 0 aliphatic heterocycles. The first kappa shape index (κ1) is 15.8. The van der Waals surface area contributed by atoms with Crippen molar-refractivity contribution in [1.82, 2.24) is 5.32 Å². The zero-order chi connectivity index (χ0) is 14.4. The van der Waals surface area contributed by atoms with Crippen LogP contribution in [0.4, 0.5) is 0 Å². The summed E-state index contributed by atoms with van der Waals surface area (Å²) < 4.78 is 5.00. The molecule has 0 bridgehead atoms. The number of amides is 1. The van der Waals surface area contributed by atoms with Crippen LogP contribution in [0.15, 0.2) is 18.2 Å². The van der Waals surface area contributed by atoms with Gasteiger partial charge in [-0.05, 0) is 24.5 Å². The van der Waals surface area contributed by atoms with Crippen LogP contribution < -0.4 is 10.1 Å². The Morgan fingerprint density at radius 2 is 2.16 bits per heavy atom. The summed E-state index contributed by atoms with van der Waals surface area (Å²) in [6.07, 6.45) is 0.841. The zero-order valence-electron chi connectivity index (χ0n) is 11.4. The maximum absolute atomic E-state index is 12.2. The Morgan fingerprint density at radius 3 is 2.68 bits per heavy atom. The molecule has 19 heavy (non-hydrogen) atoms. The topological polar surface area (TPSA) is 58.6 Å². The normalized spacial score (nSPS) is 12.3. The van der Waals surface area contributed by atoms with Gasteiger partial charge in [-0.3, -0.25) is 4.79 Å². The fourth-order valence-electron chi connectivity index (χ4n) is 1.81. The van der Waals surface area contributed by atoms with E-state index in [1.54, 1.807) is 18.2 Å². The largest absolute Gasteiger partial charge is 0.504 e. The summed E-state index contributed by atoms with van der Waals surface area (Å²) in [6.45, 7) is 4.11. The number of para-hydroxylation sites is 1. The van der Waals surface area contributed by atoms with E-state index in [-0.39, 0.29) is 23.3 Å². The molecule has 0 aromatic heterocycles.